The Hall–Kier alpha value is -0.490. The Morgan fingerprint density at radius 3 is 2.29 bits per heavy atom. The van der Waals surface area contributed by atoms with E-state index in [-0.39, 0.29) is 18.9 Å². The van der Waals surface area contributed by atoms with Crippen LogP contribution in [0.4, 0.5) is 4.39 Å². The Balaban J connectivity index is 2.48. The zero-order valence-electron chi connectivity index (χ0n) is 7.99. The van der Waals surface area contributed by atoms with E-state index in [1.54, 1.807) is 0 Å². The number of alkyl halides is 1. The molecule has 0 saturated heterocycles. The van der Waals surface area contributed by atoms with Gasteiger partial charge in [0.2, 0.25) is 10.0 Å². The summed E-state index contributed by atoms with van der Waals surface area (Å²) in [6.07, 6.45) is 2.35. The van der Waals surface area contributed by atoms with Gasteiger partial charge >= 0.3 is 0 Å². The molecule has 0 heterocycles. The molecule has 1 N–H and O–H groups in total. The van der Waals surface area contributed by atoms with Crippen LogP contribution in [-0.4, -0.2) is 32.7 Å². The molecular weight excluding hydrogens is 209 g/mol. The van der Waals surface area contributed by atoms with Crippen LogP contribution in [0.25, 0.3) is 0 Å². The second-order valence-corrected chi connectivity index (χ2v) is 5.60. The summed E-state index contributed by atoms with van der Waals surface area (Å²) < 4.78 is 37.5. The van der Waals surface area contributed by atoms with Crippen LogP contribution in [0.2, 0.25) is 0 Å². The van der Waals surface area contributed by atoms with Crippen LogP contribution in [0.5, 0.6) is 0 Å². The second-order valence-electron chi connectivity index (χ2n) is 3.82. The van der Waals surface area contributed by atoms with E-state index < -0.39 is 15.7 Å². The molecule has 0 aliphatic heterocycles. The van der Waals surface area contributed by atoms with Crippen molar-refractivity contribution in [2.45, 2.75) is 37.4 Å². The summed E-state index contributed by atoms with van der Waals surface area (Å²) in [5, 5.41) is 0. The molecule has 1 aliphatic rings. The first-order valence-corrected chi connectivity index (χ1v) is 6.36. The van der Waals surface area contributed by atoms with Crippen LogP contribution in [0, 0.1) is 0 Å². The maximum absolute atomic E-state index is 13.4. The number of hydrogen-bond acceptors (Lipinski definition) is 3. The normalized spacial score (nSPS) is 34.0. The first kappa shape index (κ1) is 11.6. The third-order valence-corrected chi connectivity index (χ3v) is 3.17. The maximum Gasteiger partial charge on any atom is 0.208 e. The minimum absolute atomic E-state index is 0.101. The van der Waals surface area contributed by atoms with Gasteiger partial charge in [-0.15, -0.1) is 0 Å². The highest BCUT2D eigenvalue weighted by Crippen LogP contribution is 2.30. The number of rotatable bonds is 3. The number of carbonyl (C=O) groups is 1. The van der Waals surface area contributed by atoms with E-state index in [1.165, 1.54) is 0 Å². The third-order valence-electron chi connectivity index (χ3n) is 2.41. The van der Waals surface area contributed by atoms with Crippen LogP contribution in [0.1, 0.15) is 25.7 Å². The summed E-state index contributed by atoms with van der Waals surface area (Å²) in [6, 6.07) is -0.228. The number of sulfonamides is 1. The van der Waals surface area contributed by atoms with Gasteiger partial charge < -0.3 is 0 Å². The molecule has 14 heavy (non-hydrogen) atoms. The van der Waals surface area contributed by atoms with Gasteiger partial charge in [0.15, 0.2) is 12.0 Å². The van der Waals surface area contributed by atoms with Crippen molar-refractivity contribution in [1.82, 2.24) is 4.72 Å². The van der Waals surface area contributed by atoms with Crippen LogP contribution < -0.4 is 4.72 Å². The van der Waals surface area contributed by atoms with E-state index in [1.807, 2.05) is 0 Å². The molecule has 0 aromatic heterocycles. The Bertz CT molecular complexity index is 307. The number of nitrogens with one attached hydrogen (secondary N) is 1. The Morgan fingerprint density at radius 2 is 1.93 bits per heavy atom. The molecule has 0 atom stereocenters. The molecule has 0 spiro atoms. The molecule has 0 unspecified atom stereocenters. The van der Waals surface area contributed by atoms with Crippen LogP contribution in [-0.2, 0) is 14.8 Å². The fraction of sp³-hybridized carbons (Fsp3) is 0.875. The quantitative estimate of drug-likeness (QED) is 0.704. The lowest BCUT2D eigenvalue weighted by atomic mass is 9.85. The topological polar surface area (TPSA) is 63.2 Å². The SMILES string of the molecule is CS(=O)(=O)NC1CCC(F)(C=O)CC1. The molecule has 1 saturated carbocycles. The van der Waals surface area contributed by atoms with Crippen molar-refractivity contribution in [3.63, 3.8) is 0 Å². The van der Waals surface area contributed by atoms with Crippen molar-refractivity contribution < 1.29 is 17.6 Å². The number of carbonyl (C=O) groups excluding carboxylic acids is 1. The fourth-order valence-corrected chi connectivity index (χ4v) is 2.48. The Morgan fingerprint density at radius 1 is 1.43 bits per heavy atom. The Kier molecular flexibility index (Phi) is 3.26. The zero-order chi connectivity index (χ0) is 10.8. The molecule has 6 heteroatoms. The minimum atomic E-state index is -3.23. The first-order chi connectivity index (χ1) is 6.35. The molecule has 0 aromatic rings. The number of aldehydes is 1. The highest BCUT2D eigenvalue weighted by molar-refractivity contribution is 7.88. The highest BCUT2D eigenvalue weighted by atomic mass is 32.2. The van der Waals surface area contributed by atoms with Crippen LogP contribution in [0.15, 0.2) is 0 Å². The van der Waals surface area contributed by atoms with Gasteiger partial charge in [-0.25, -0.2) is 17.5 Å². The van der Waals surface area contributed by atoms with Crippen LogP contribution >= 0.6 is 0 Å². The standard InChI is InChI=1S/C8H14FNO3S/c1-14(12,13)10-7-2-4-8(9,6-11)5-3-7/h6-7,10H,2-5H2,1H3. The predicted molar refractivity (Wildman–Crippen MR) is 50.1 cm³/mol. The maximum atomic E-state index is 13.4. The van der Waals surface area contributed by atoms with Crippen molar-refractivity contribution in [2.75, 3.05) is 6.26 Å². The smallest absolute Gasteiger partial charge is 0.208 e. The summed E-state index contributed by atoms with van der Waals surface area (Å²) >= 11 is 0. The average molecular weight is 223 g/mol. The predicted octanol–water partition coefficient (Wildman–Crippen LogP) is 0.385. The molecule has 1 rings (SSSR count). The van der Waals surface area contributed by atoms with E-state index in [2.05, 4.69) is 4.72 Å². The van der Waals surface area contributed by atoms with Gasteiger partial charge in [-0.3, -0.25) is 4.79 Å². The average Bonchev–Trinajstić information content (AvgIpc) is 2.07. The minimum Gasteiger partial charge on any atom is -0.300 e. The van der Waals surface area contributed by atoms with Gasteiger partial charge in [0.25, 0.3) is 0 Å². The largest absolute Gasteiger partial charge is 0.300 e. The number of halogens is 1. The fourth-order valence-electron chi connectivity index (χ4n) is 1.64. The van der Waals surface area contributed by atoms with Crippen molar-refractivity contribution >= 4 is 16.3 Å². The molecule has 1 fully saturated rings. The van der Waals surface area contributed by atoms with Gasteiger partial charge in [0, 0.05) is 6.04 Å². The Labute approximate surface area is 82.9 Å². The van der Waals surface area contributed by atoms with E-state index in [0.29, 0.717) is 19.1 Å². The third kappa shape index (κ3) is 3.34. The molecule has 0 bridgehead atoms. The van der Waals surface area contributed by atoms with Crippen LogP contribution in [0.3, 0.4) is 0 Å². The lowest BCUT2D eigenvalue weighted by Crippen LogP contribution is -2.41. The highest BCUT2D eigenvalue weighted by Gasteiger charge is 2.35. The summed E-state index contributed by atoms with van der Waals surface area (Å²) in [7, 11) is -3.23. The van der Waals surface area contributed by atoms with Gasteiger partial charge in [0.05, 0.1) is 6.26 Å². The van der Waals surface area contributed by atoms with E-state index in [4.69, 9.17) is 0 Å². The van der Waals surface area contributed by atoms with E-state index in [0.717, 1.165) is 6.26 Å². The van der Waals surface area contributed by atoms with Gasteiger partial charge in [0.1, 0.15) is 0 Å². The zero-order valence-corrected chi connectivity index (χ0v) is 8.81. The van der Waals surface area contributed by atoms with Gasteiger partial charge in [-0.2, -0.15) is 0 Å². The van der Waals surface area contributed by atoms with Crippen molar-refractivity contribution in [3.8, 4) is 0 Å². The summed E-state index contributed by atoms with van der Waals surface area (Å²) in [6.45, 7) is 0. The summed E-state index contributed by atoms with van der Waals surface area (Å²) in [4.78, 5) is 10.4. The number of hydrogen-bond donors (Lipinski definition) is 1. The molecule has 82 valence electrons. The van der Waals surface area contributed by atoms with E-state index >= 15 is 0 Å². The molecule has 0 amide bonds. The lowest BCUT2D eigenvalue weighted by molar-refractivity contribution is -0.119. The first-order valence-electron chi connectivity index (χ1n) is 4.47. The molecule has 4 nitrogen and oxygen atoms in total. The molecule has 1 aliphatic carbocycles. The second kappa shape index (κ2) is 3.94. The molecular formula is C8H14FNO3S. The lowest BCUT2D eigenvalue weighted by Gasteiger charge is -2.29. The molecule has 0 aromatic carbocycles. The van der Waals surface area contributed by atoms with Gasteiger partial charge in [-0.05, 0) is 25.7 Å². The van der Waals surface area contributed by atoms with Crippen molar-refractivity contribution in [3.05, 3.63) is 0 Å². The summed E-state index contributed by atoms with van der Waals surface area (Å²) in [5.74, 6) is 0. The van der Waals surface area contributed by atoms with Crippen molar-refractivity contribution in [2.24, 2.45) is 0 Å². The van der Waals surface area contributed by atoms with E-state index in [9.17, 15) is 17.6 Å². The monoisotopic (exact) mass is 223 g/mol. The van der Waals surface area contributed by atoms with Gasteiger partial charge in [-0.1, -0.05) is 0 Å². The van der Waals surface area contributed by atoms with Crippen molar-refractivity contribution in [1.29, 1.82) is 0 Å². The summed E-state index contributed by atoms with van der Waals surface area (Å²) in [5.41, 5.74) is -1.74. The molecule has 0 radical (unpaired) electrons.